The molecule has 1 aromatic heterocycles. The zero-order valence-electron chi connectivity index (χ0n) is 24.3. The highest BCUT2D eigenvalue weighted by atomic mass is 35.5. The van der Waals surface area contributed by atoms with Gasteiger partial charge in [0.05, 0.1) is 23.1 Å². The Morgan fingerprint density at radius 2 is 1.78 bits per heavy atom. The van der Waals surface area contributed by atoms with Crippen LogP contribution in [0.1, 0.15) is 57.0 Å². The summed E-state index contributed by atoms with van der Waals surface area (Å²) in [4.78, 5) is 37.7. The van der Waals surface area contributed by atoms with Gasteiger partial charge in [0, 0.05) is 16.7 Å². The van der Waals surface area contributed by atoms with E-state index < -0.39 is 51.9 Å². The lowest BCUT2D eigenvalue weighted by Crippen LogP contribution is -2.69. The van der Waals surface area contributed by atoms with Gasteiger partial charge >= 0.3 is 18.3 Å². The van der Waals surface area contributed by atoms with Gasteiger partial charge in [0.15, 0.2) is 17.2 Å². The molecule has 1 N–H and O–H groups in total. The van der Waals surface area contributed by atoms with Crippen molar-refractivity contribution in [1.29, 1.82) is 0 Å². The van der Waals surface area contributed by atoms with Crippen LogP contribution in [0.2, 0.25) is 0 Å². The Kier molecular flexibility index (Phi) is 9.22. The minimum Gasteiger partial charge on any atom is -0.457 e. The molecule has 1 aromatic rings. The van der Waals surface area contributed by atoms with Gasteiger partial charge in [-0.05, 0) is 61.8 Å². The SMILES string of the molecule is C[C@@H]1CC2[C@@H]3CCC4=CC(=O)C=C[C@]4(C)[C@@]3(Cl)[C@@H](O)C[C@]2(C)[C@@]1(OC(=O)c1ccco1)C(=O)CCl.FC(C(F)(F)F)C(F)(F)F. The Balaban J connectivity index is 0.000000399. The summed E-state index contributed by atoms with van der Waals surface area (Å²) in [7, 11) is 0. The molecule has 8 atom stereocenters. The summed E-state index contributed by atoms with van der Waals surface area (Å²) in [6.07, 6.45) is -9.00. The molecule has 0 saturated heterocycles. The standard InChI is InChI=1S/C27H30Cl2O6.C3HF7/c1-15-11-19-18-7-6-16-12-17(30)8-9-24(16,2)26(18,29)21(31)13-25(19,3)27(15,22(32)14-28)35-23(33)20-5-4-10-34-20;4-1(2(5,6)7)3(8,9)10/h4-5,8-10,12,15,18-19,21,31H,6-7,11,13-14H2,1-3H3;1H/t15-,18+,19?,21+,24+,25+,26+,27+;/m1./s1. The monoisotopic (exact) mass is 690 g/mol. The fourth-order valence-electron chi connectivity index (χ4n) is 8.27. The molecule has 6 nitrogen and oxygen atoms in total. The molecule has 4 aliphatic rings. The molecule has 1 unspecified atom stereocenters. The highest BCUT2D eigenvalue weighted by Gasteiger charge is 2.76. The molecule has 1 heterocycles. The van der Waals surface area contributed by atoms with Crippen LogP contribution < -0.4 is 0 Å². The van der Waals surface area contributed by atoms with E-state index in [-0.39, 0.29) is 47.4 Å². The molecule has 0 spiro atoms. The van der Waals surface area contributed by atoms with Gasteiger partial charge in [0.1, 0.15) is 0 Å². The molecular formula is C30H31Cl2F7O6. The number of rotatable bonds is 4. The number of halogens is 9. The number of alkyl halides is 9. The predicted octanol–water partition coefficient (Wildman–Crippen LogP) is 7.32. The summed E-state index contributed by atoms with van der Waals surface area (Å²) in [6, 6.07) is 3.07. The van der Waals surface area contributed by atoms with Crippen molar-refractivity contribution in [3.8, 4) is 0 Å². The van der Waals surface area contributed by atoms with Crippen molar-refractivity contribution in [2.45, 2.75) is 81.6 Å². The molecule has 0 radical (unpaired) electrons. The first kappa shape index (κ1) is 35.5. The first-order valence-electron chi connectivity index (χ1n) is 14.1. The van der Waals surface area contributed by atoms with Gasteiger partial charge in [-0.1, -0.05) is 32.4 Å². The first-order valence-corrected chi connectivity index (χ1v) is 15.0. The molecule has 5 rings (SSSR count). The van der Waals surface area contributed by atoms with E-state index in [0.717, 1.165) is 5.57 Å². The van der Waals surface area contributed by atoms with Gasteiger partial charge in [-0.15, -0.1) is 23.2 Å². The summed E-state index contributed by atoms with van der Waals surface area (Å²) >= 11 is 13.6. The molecule has 15 heteroatoms. The van der Waals surface area contributed by atoms with Crippen molar-refractivity contribution in [2.75, 3.05) is 5.88 Å². The summed E-state index contributed by atoms with van der Waals surface area (Å²) in [5.41, 5.74) is -2.20. The van der Waals surface area contributed by atoms with Crippen molar-refractivity contribution < 1.29 is 59.4 Å². The second kappa shape index (κ2) is 11.7. The average molecular weight is 691 g/mol. The van der Waals surface area contributed by atoms with Crippen LogP contribution in [-0.2, 0) is 14.3 Å². The number of esters is 1. The summed E-state index contributed by atoms with van der Waals surface area (Å²) in [5.74, 6) is -2.12. The molecular weight excluding hydrogens is 660 g/mol. The quantitative estimate of drug-likeness (QED) is 0.202. The number of furan rings is 1. The maximum absolute atomic E-state index is 13.6. The summed E-state index contributed by atoms with van der Waals surface area (Å²) in [5, 5.41) is 11.8. The van der Waals surface area contributed by atoms with Crippen LogP contribution in [0.15, 0.2) is 46.6 Å². The third kappa shape index (κ3) is 5.44. The van der Waals surface area contributed by atoms with E-state index in [2.05, 4.69) is 0 Å². The number of allylic oxidation sites excluding steroid dienone is 4. The fraction of sp³-hybridized carbons (Fsp3) is 0.633. The van der Waals surface area contributed by atoms with Gasteiger partial charge in [-0.3, -0.25) is 9.59 Å². The van der Waals surface area contributed by atoms with E-state index in [1.165, 1.54) is 18.4 Å². The van der Waals surface area contributed by atoms with E-state index in [9.17, 15) is 50.2 Å². The lowest BCUT2D eigenvalue weighted by atomic mass is 9.45. The lowest BCUT2D eigenvalue weighted by Gasteiger charge is -2.64. The average Bonchev–Trinajstić information content (AvgIpc) is 3.55. The number of aliphatic hydroxyl groups is 1. The van der Waals surface area contributed by atoms with Crippen molar-refractivity contribution in [2.24, 2.45) is 28.6 Å². The van der Waals surface area contributed by atoms with E-state index >= 15 is 0 Å². The summed E-state index contributed by atoms with van der Waals surface area (Å²) < 4.78 is 87.6. The van der Waals surface area contributed by atoms with Crippen molar-refractivity contribution in [3.63, 3.8) is 0 Å². The summed E-state index contributed by atoms with van der Waals surface area (Å²) in [6.45, 7) is 5.81. The van der Waals surface area contributed by atoms with Crippen molar-refractivity contribution in [3.05, 3.63) is 48.0 Å². The Hall–Kier alpha value is -2.38. The van der Waals surface area contributed by atoms with Crippen LogP contribution in [-0.4, -0.2) is 63.6 Å². The zero-order chi connectivity index (χ0) is 34.0. The highest BCUT2D eigenvalue weighted by Crippen LogP contribution is 2.72. The molecule has 250 valence electrons. The van der Waals surface area contributed by atoms with Crippen molar-refractivity contribution in [1.82, 2.24) is 0 Å². The number of carbonyl (C=O) groups is 3. The molecule has 0 amide bonds. The number of hydrogen-bond donors (Lipinski definition) is 1. The number of Topliss-reactive ketones (excluding diaryl/α,β-unsaturated/α-hetero) is 1. The van der Waals surface area contributed by atoms with Crippen LogP contribution in [0.4, 0.5) is 30.7 Å². The van der Waals surface area contributed by atoms with Crippen LogP contribution in [0.25, 0.3) is 0 Å². The number of ether oxygens (including phenoxy) is 1. The second-order valence-electron chi connectivity index (χ2n) is 12.5. The van der Waals surface area contributed by atoms with E-state index in [4.69, 9.17) is 32.4 Å². The number of hydrogen-bond acceptors (Lipinski definition) is 6. The minimum absolute atomic E-state index is 0.00557. The number of carbonyl (C=O) groups excluding carboxylic acids is 3. The van der Waals surface area contributed by atoms with Gasteiger partial charge < -0.3 is 14.3 Å². The Bertz CT molecular complexity index is 1380. The maximum atomic E-state index is 13.6. The maximum Gasteiger partial charge on any atom is 0.428 e. The van der Waals surface area contributed by atoms with Crippen LogP contribution in [0.3, 0.4) is 0 Å². The molecule has 45 heavy (non-hydrogen) atoms. The third-order valence-electron chi connectivity index (χ3n) is 10.3. The largest absolute Gasteiger partial charge is 0.457 e. The van der Waals surface area contributed by atoms with Crippen LogP contribution in [0, 0.1) is 28.6 Å². The van der Waals surface area contributed by atoms with Crippen molar-refractivity contribution >= 4 is 40.7 Å². The molecule has 0 aromatic carbocycles. The van der Waals surface area contributed by atoms with E-state index in [1.54, 1.807) is 12.1 Å². The Morgan fingerprint density at radius 3 is 2.29 bits per heavy atom. The molecule has 3 saturated carbocycles. The van der Waals surface area contributed by atoms with Gasteiger partial charge in [-0.2, -0.15) is 26.3 Å². The molecule has 0 aliphatic heterocycles. The lowest BCUT2D eigenvalue weighted by molar-refractivity contribution is -0.285. The molecule has 4 aliphatic carbocycles. The fourth-order valence-corrected chi connectivity index (χ4v) is 9.00. The smallest absolute Gasteiger partial charge is 0.428 e. The Labute approximate surface area is 263 Å². The first-order chi connectivity index (χ1) is 20.6. The highest BCUT2D eigenvalue weighted by molar-refractivity contribution is 6.29. The topological polar surface area (TPSA) is 93.8 Å². The van der Waals surface area contributed by atoms with Gasteiger partial charge in [0.25, 0.3) is 6.17 Å². The number of ketones is 2. The second-order valence-corrected chi connectivity index (χ2v) is 13.4. The molecule has 3 fully saturated rings. The van der Waals surface area contributed by atoms with E-state index in [1.807, 2.05) is 26.8 Å². The van der Waals surface area contributed by atoms with Crippen LogP contribution >= 0.6 is 23.2 Å². The van der Waals surface area contributed by atoms with Gasteiger partial charge in [0.2, 0.25) is 5.76 Å². The zero-order valence-corrected chi connectivity index (χ0v) is 25.8. The van der Waals surface area contributed by atoms with Gasteiger partial charge in [-0.25, -0.2) is 9.18 Å². The Morgan fingerprint density at radius 1 is 1.16 bits per heavy atom. The van der Waals surface area contributed by atoms with Crippen LogP contribution in [0.5, 0.6) is 0 Å². The normalized spacial score (nSPS) is 37.6. The minimum atomic E-state index is -5.85. The van der Waals surface area contributed by atoms with E-state index in [0.29, 0.717) is 19.3 Å². The third-order valence-corrected chi connectivity index (χ3v) is 11.4. The molecule has 0 bridgehead atoms. The number of aliphatic hydroxyl groups excluding tert-OH is 1. The predicted molar refractivity (Wildman–Crippen MR) is 147 cm³/mol. The number of fused-ring (bicyclic) bond motifs is 5.